The van der Waals surface area contributed by atoms with E-state index in [1.165, 1.54) is 27.9 Å². The highest BCUT2D eigenvalue weighted by Gasteiger charge is 2.15. The van der Waals surface area contributed by atoms with Gasteiger partial charge in [-0.3, -0.25) is 19.3 Å². The molecule has 0 bridgehead atoms. The van der Waals surface area contributed by atoms with E-state index in [9.17, 15) is 14.9 Å². The summed E-state index contributed by atoms with van der Waals surface area (Å²) in [5, 5.41) is 12.8. The summed E-state index contributed by atoms with van der Waals surface area (Å²) in [5.74, 6) is 0.165. The fourth-order valence-corrected chi connectivity index (χ4v) is 2.74. The van der Waals surface area contributed by atoms with Crippen LogP contribution in [-0.2, 0) is 6.61 Å². The first-order valence-corrected chi connectivity index (χ1v) is 7.26. The Bertz CT molecular complexity index is 916. The lowest BCUT2D eigenvalue weighted by molar-refractivity contribution is -0.386. The summed E-state index contributed by atoms with van der Waals surface area (Å²) in [5.41, 5.74) is 0.966. The van der Waals surface area contributed by atoms with Gasteiger partial charge in [0.25, 0.3) is 5.56 Å². The largest absolute Gasteiger partial charge is 0.480 e. The first kappa shape index (κ1) is 14.2. The highest BCUT2D eigenvalue weighted by molar-refractivity contribution is 7.15. The van der Waals surface area contributed by atoms with Gasteiger partial charge in [0.05, 0.1) is 10.6 Å². The van der Waals surface area contributed by atoms with Crippen molar-refractivity contribution < 1.29 is 9.66 Å². The predicted octanol–water partition coefficient (Wildman–Crippen LogP) is 2.55. The van der Waals surface area contributed by atoms with Crippen molar-refractivity contribution in [2.24, 2.45) is 0 Å². The molecule has 0 N–H and O–H groups in total. The number of nitrogens with zero attached hydrogens (tertiary/aromatic N) is 3. The smallest absolute Gasteiger partial charge is 0.310 e. The van der Waals surface area contributed by atoms with E-state index in [-0.39, 0.29) is 23.6 Å². The van der Waals surface area contributed by atoms with Gasteiger partial charge in [0.15, 0.2) is 10.7 Å². The van der Waals surface area contributed by atoms with E-state index in [1.807, 2.05) is 6.92 Å². The summed E-state index contributed by atoms with van der Waals surface area (Å²) in [7, 11) is 0. The van der Waals surface area contributed by atoms with Crippen molar-refractivity contribution in [2.75, 3.05) is 0 Å². The fraction of sp³-hybridized carbons (Fsp3) is 0.143. The van der Waals surface area contributed by atoms with Gasteiger partial charge < -0.3 is 4.74 Å². The molecule has 0 amide bonds. The van der Waals surface area contributed by atoms with Crippen LogP contribution >= 0.6 is 11.3 Å². The van der Waals surface area contributed by atoms with Gasteiger partial charge in [-0.15, -0.1) is 11.3 Å². The maximum absolute atomic E-state index is 11.9. The minimum atomic E-state index is -0.500. The Hall–Kier alpha value is -2.74. The molecular formula is C14H11N3O4S. The average Bonchev–Trinajstić information content (AvgIpc) is 2.94. The Morgan fingerprint density at radius 3 is 3.00 bits per heavy atom. The Labute approximate surface area is 128 Å². The summed E-state index contributed by atoms with van der Waals surface area (Å²) >= 11 is 1.34. The molecule has 0 aliphatic rings. The molecule has 2 heterocycles. The van der Waals surface area contributed by atoms with Crippen LogP contribution in [0.25, 0.3) is 4.96 Å². The summed E-state index contributed by atoms with van der Waals surface area (Å²) < 4.78 is 6.93. The summed E-state index contributed by atoms with van der Waals surface area (Å²) in [6, 6.07) is 6.00. The lowest BCUT2D eigenvalue weighted by atomic mass is 10.2. The molecule has 0 unspecified atom stereocenters. The number of aromatic nitrogens is 2. The van der Waals surface area contributed by atoms with Crippen LogP contribution in [0.3, 0.4) is 0 Å². The van der Waals surface area contributed by atoms with Gasteiger partial charge in [-0.2, -0.15) is 0 Å². The van der Waals surface area contributed by atoms with Crippen LogP contribution in [0.4, 0.5) is 5.69 Å². The molecule has 8 heteroatoms. The van der Waals surface area contributed by atoms with Gasteiger partial charge >= 0.3 is 5.69 Å². The topological polar surface area (TPSA) is 86.7 Å². The van der Waals surface area contributed by atoms with Crippen LogP contribution in [0.15, 0.2) is 40.6 Å². The normalized spacial score (nSPS) is 10.8. The van der Waals surface area contributed by atoms with Crippen LogP contribution in [0.1, 0.15) is 11.3 Å². The third kappa shape index (κ3) is 2.68. The Balaban J connectivity index is 1.89. The van der Waals surface area contributed by atoms with Gasteiger partial charge in [-0.05, 0) is 18.6 Å². The van der Waals surface area contributed by atoms with Gasteiger partial charge in [0.2, 0.25) is 0 Å². The number of rotatable bonds is 4. The zero-order valence-electron chi connectivity index (χ0n) is 11.6. The van der Waals surface area contributed by atoms with Crippen LogP contribution < -0.4 is 10.3 Å². The van der Waals surface area contributed by atoms with Crippen molar-refractivity contribution in [1.82, 2.24) is 9.38 Å². The quantitative estimate of drug-likeness (QED) is 0.545. The minimum Gasteiger partial charge on any atom is -0.480 e. The SMILES string of the molecule is Cc1ccc([N+](=O)[O-])c(OCc2cc(=O)n3ccsc3n2)c1. The zero-order valence-corrected chi connectivity index (χ0v) is 12.4. The van der Waals surface area contributed by atoms with Crippen LogP contribution in [0.5, 0.6) is 5.75 Å². The number of thiazole rings is 1. The molecule has 0 aliphatic heterocycles. The standard InChI is InChI=1S/C14H11N3O4S/c1-9-2-3-11(17(19)20)12(6-9)21-8-10-7-13(18)16-4-5-22-14(16)15-10/h2-7H,8H2,1H3. The average molecular weight is 317 g/mol. The fourth-order valence-electron chi connectivity index (χ4n) is 2.00. The number of fused-ring (bicyclic) bond motifs is 1. The number of aryl methyl sites for hydroxylation is 1. The molecule has 3 rings (SSSR count). The number of hydrogen-bond donors (Lipinski definition) is 0. The van der Waals surface area contributed by atoms with Crippen molar-refractivity contribution >= 4 is 22.0 Å². The highest BCUT2D eigenvalue weighted by atomic mass is 32.1. The third-order valence-corrected chi connectivity index (χ3v) is 3.80. The van der Waals surface area contributed by atoms with Gasteiger partial charge in [-0.25, -0.2) is 4.98 Å². The molecule has 0 saturated carbocycles. The summed E-state index contributed by atoms with van der Waals surface area (Å²) in [6.07, 6.45) is 1.64. The molecule has 0 saturated heterocycles. The van der Waals surface area contributed by atoms with E-state index in [2.05, 4.69) is 4.98 Å². The van der Waals surface area contributed by atoms with Crippen LogP contribution in [-0.4, -0.2) is 14.3 Å². The molecule has 0 aliphatic carbocycles. The first-order valence-electron chi connectivity index (χ1n) is 6.38. The second-order valence-electron chi connectivity index (χ2n) is 4.66. The van der Waals surface area contributed by atoms with Gasteiger partial charge in [0, 0.05) is 23.7 Å². The maximum Gasteiger partial charge on any atom is 0.310 e. The number of ether oxygens (including phenoxy) is 1. The molecule has 0 fully saturated rings. The van der Waals surface area contributed by atoms with E-state index in [1.54, 1.807) is 23.7 Å². The van der Waals surface area contributed by atoms with Crippen molar-refractivity contribution in [2.45, 2.75) is 13.5 Å². The first-order chi connectivity index (χ1) is 10.5. The van der Waals surface area contributed by atoms with Crippen molar-refractivity contribution in [3.63, 3.8) is 0 Å². The van der Waals surface area contributed by atoms with E-state index in [0.717, 1.165) is 5.56 Å². The molecule has 7 nitrogen and oxygen atoms in total. The van der Waals surface area contributed by atoms with E-state index < -0.39 is 4.92 Å². The van der Waals surface area contributed by atoms with E-state index >= 15 is 0 Å². The third-order valence-electron chi connectivity index (χ3n) is 3.04. The van der Waals surface area contributed by atoms with Crippen molar-refractivity contribution in [1.29, 1.82) is 0 Å². The number of hydrogen-bond acceptors (Lipinski definition) is 6. The lowest BCUT2D eigenvalue weighted by Gasteiger charge is -2.07. The van der Waals surface area contributed by atoms with E-state index in [4.69, 9.17) is 4.74 Å². The lowest BCUT2D eigenvalue weighted by Crippen LogP contribution is -2.14. The van der Waals surface area contributed by atoms with Crippen molar-refractivity contribution in [3.05, 3.63) is 67.6 Å². The van der Waals surface area contributed by atoms with Crippen LogP contribution in [0.2, 0.25) is 0 Å². The van der Waals surface area contributed by atoms with Crippen LogP contribution in [0, 0.1) is 17.0 Å². The maximum atomic E-state index is 11.9. The number of nitro benzene ring substituents is 1. The predicted molar refractivity (Wildman–Crippen MR) is 81.5 cm³/mol. The summed E-state index contributed by atoms with van der Waals surface area (Å²) in [6.45, 7) is 1.81. The number of benzene rings is 1. The molecule has 22 heavy (non-hydrogen) atoms. The van der Waals surface area contributed by atoms with Crippen molar-refractivity contribution in [3.8, 4) is 5.75 Å². The molecule has 0 radical (unpaired) electrons. The zero-order chi connectivity index (χ0) is 15.7. The van der Waals surface area contributed by atoms with Gasteiger partial charge in [0.1, 0.15) is 6.61 Å². The highest BCUT2D eigenvalue weighted by Crippen LogP contribution is 2.28. The molecule has 1 aromatic carbocycles. The second kappa shape index (κ2) is 5.57. The van der Waals surface area contributed by atoms with Gasteiger partial charge in [-0.1, -0.05) is 6.07 Å². The monoisotopic (exact) mass is 317 g/mol. The molecule has 0 atom stereocenters. The van der Waals surface area contributed by atoms with E-state index in [0.29, 0.717) is 10.7 Å². The molecule has 3 aromatic rings. The summed E-state index contributed by atoms with van der Waals surface area (Å²) in [4.78, 5) is 27.2. The Morgan fingerprint density at radius 1 is 1.41 bits per heavy atom. The molecule has 112 valence electrons. The number of nitro groups is 1. The molecule has 0 spiro atoms. The minimum absolute atomic E-state index is 0.00602. The molecule has 2 aromatic heterocycles. The Morgan fingerprint density at radius 2 is 2.23 bits per heavy atom. The second-order valence-corrected chi connectivity index (χ2v) is 5.53. The molecular weight excluding hydrogens is 306 g/mol. The Kier molecular flexibility index (Phi) is 3.60.